The quantitative estimate of drug-likeness (QED) is 0.351. The van der Waals surface area contributed by atoms with Gasteiger partial charge in [-0.1, -0.05) is 25.4 Å². The third-order valence-electron chi connectivity index (χ3n) is 7.21. The highest BCUT2D eigenvalue weighted by molar-refractivity contribution is 6.33. The van der Waals surface area contributed by atoms with E-state index in [1.54, 1.807) is 17.9 Å². The number of rotatable bonds is 8. The second kappa shape index (κ2) is 10.6. The van der Waals surface area contributed by atoms with Crippen LogP contribution in [0.25, 0.3) is 0 Å². The number of cyclic esters (lactones) is 1. The first kappa shape index (κ1) is 26.2. The van der Waals surface area contributed by atoms with E-state index >= 15 is 0 Å². The van der Waals surface area contributed by atoms with Crippen molar-refractivity contribution in [2.24, 2.45) is 11.8 Å². The zero-order valence-electron chi connectivity index (χ0n) is 20.7. The van der Waals surface area contributed by atoms with E-state index in [1.807, 2.05) is 13.8 Å². The van der Waals surface area contributed by atoms with Gasteiger partial charge in [-0.2, -0.15) is 0 Å². The van der Waals surface area contributed by atoms with E-state index in [4.69, 9.17) is 26.8 Å². The average Bonchev–Trinajstić information content (AvgIpc) is 3.53. The summed E-state index contributed by atoms with van der Waals surface area (Å²) in [7, 11) is 0. The number of hydrogen-bond acceptors (Lipinski definition) is 7. The second-order valence-corrected chi connectivity index (χ2v) is 10.4. The van der Waals surface area contributed by atoms with Crippen molar-refractivity contribution in [3.8, 4) is 0 Å². The molecule has 4 rings (SSSR count). The fourth-order valence-electron chi connectivity index (χ4n) is 5.45. The van der Waals surface area contributed by atoms with Crippen LogP contribution in [0.3, 0.4) is 0 Å². The molecular weight excluding hydrogens is 488 g/mol. The molecule has 6 atom stereocenters. The number of halogens is 1. The van der Waals surface area contributed by atoms with Gasteiger partial charge >= 0.3 is 5.97 Å². The van der Waals surface area contributed by atoms with Crippen LogP contribution in [0.5, 0.6) is 0 Å². The number of nitrogens with one attached hydrogen (secondary N) is 2. The van der Waals surface area contributed by atoms with E-state index in [2.05, 4.69) is 10.6 Å². The number of carbonyl (C=O) groups excluding carboxylic acids is 4. The lowest BCUT2D eigenvalue weighted by molar-refractivity contribution is -0.165. The van der Waals surface area contributed by atoms with E-state index in [0.29, 0.717) is 12.3 Å². The van der Waals surface area contributed by atoms with Gasteiger partial charge in [0.25, 0.3) is 5.91 Å². The van der Waals surface area contributed by atoms with Crippen molar-refractivity contribution in [1.29, 1.82) is 0 Å². The predicted octanol–water partition coefficient (Wildman–Crippen LogP) is 1.85. The van der Waals surface area contributed by atoms with E-state index in [1.165, 1.54) is 12.1 Å². The highest BCUT2D eigenvalue weighted by Gasteiger charge is 2.53. The first-order valence-corrected chi connectivity index (χ1v) is 12.8. The molecule has 3 fully saturated rings. The zero-order chi connectivity index (χ0) is 26.1. The van der Waals surface area contributed by atoms with Gasteiger partial charge in [0.1, 0.15) is 18.1 Å². The summed E-state index contributed by atoms with van der Waals surface area (Å²) >= 11 is 6.07. The van der Waals surface area contributed by atoms with Gasteiger partial charge in [-0.15, -0.1) is 0 Å². The van der Waals surface area contributed by atoms with Crippen LogP contribution in [0.1, 0.15) is 56.8 Å². The Morgan fingerprint density at radius 1 is 1.28 bits per heavy atom. The Labute approximate surface area is 215 Å². The SMILES string of the molecule is CCOC1OC(=O)C[C@@H]1NC(=O)C1C2CCC(C2)N1C(=O)C(NC(=O)c1ccc(N)c(Cl)c1)C(C)C. The molecule has 0 spiro atoms. The van der Waals surface area contributed by atoms with Crippen molar-refractivity contribution in [3.63, 3.8) is 0 Å². The van der Waals surface area contributed by atoms with Gasteiger partial charge in [-0.25, -0.2) is 0 Å². The molecule has 1 aromatic carbocycles. The Morgan fingerprint density at radius 2 is 2.03 bits per heavy atom. The van der Waals surface area contributed by atoms with Gasteiger partial charge in [0.05, 0.1) is 17.1 Å². The Balaban J connectivity index is 1.51. The molecule has 0 radical (unpaired) electrons. The molecule has 196 valence electrons. The number of fused-ring (bicyclic) bond motifs is 2. The average molecular weight is 521 g/mol. The number of esters is 1. The van der Waals surface area contributed by atoms with Crippen LogP contribution in [0, 0.1) is 11.8 Å². The minimum Gasteiger partial charge on any atom is -0.433 e. The first-order chi connectivity index (χ1) is 17.1. The normalized spacial score (nSPS) is 27.8. The Kier molecular flexibility index (Phi) is 7.75. The molecule has 2 bridgehead atoms. The number of piperidine rings is 1. The molecule has 36 heavy (non-hydrogen) atoms. The molecular formula is C25H33ClN4O6. The lowest BCUT2D eigenvalue weighted by atomic mass is 9.95. The van der Waals surface area contributed by atoms with Gasteiger partial charge in [-0.05, 0) is 56.2 Å². The largest absolute Gasteiger partial charge is 0.433 e. The van der Waals surface area contributed by atoms with Crippen molar-refractivity contribution in [2.45, 2.75) is 76.9 Å². The highest BCUT2D eigenvalue weighted by Crippen LogP contribution is 2.43. The summed E-state index contributed by atoms with van der Waals surface area (Å²) in [5.41, 5.74) is 6.39. The molecule has 10 nitrogen and oxygen atoms in total. The smallest absolute Gasteiger partial charge is 0.310 e. The van der Waals surface area contributed by atoms with Crippen LogP contribution in [-0.4, -0.2) is 65.7 Å². The maximum atomic E-state index is 13.8. The van der Waals surface area contributed by atoms with Gasteiger partial charge in [-0.3, -0.25) is 19.2 Å². The number of anilines is 1. The number of carbonyl (C=O) groups is 4. The third kappa shape index (κ3) is 5.15. The van der Waals surface area contributed by atoms with E-state index < -0.39 is 36.3 Å². The Hall–Kier alpha value is -2.85. The predicted molar refractivity (Wildman–Crippen MR) is 132 cm³/mol. The van der Waals surface area contributed by atoms with Gasteiger partial charge < -0.3 is 30.7 Å². The minimum atomic E-state index is -0.844. The summed E-state index contributed by atoms with van der Waals surface area (Å²) in [6, 6.07) is 2.34. The molecule has 2 saturated heterocycles. The van der Waals surface area contributed by atoms with E-state index in [-0.39, 0.29) is 46.7 Å². The molecule has 0 aromatic heterocycles. The van der Waals surface area contributed by atoms with Gasteiger partial charge in [0.2, 0.25) is 18.1 Å². The molecule has 1 aromatic rings. The van der Waals surface area contributed by atoms with E-state index in [9.17, 15) is 19.2 Å². The lowest BCUT2D eigenvalue weighted by Crippen LogP contribution is -2.60. The van der Waals surface area contributed by atoms with Crippen molar-refractivity contribution in [3.05, 3.63) is 28.8 Å². The number of amides is 3. The molecule has 4 N–H and O–H groups in total. The Bertz CT molecular complexity index is 1050. The van der Waals surface area contributed by atoms with Gasteiger partial charge in [0.15, 0.2) is 0 Å². The third-order valence-corrected chi connectivity index (χ3v) is 7.54. The number of ether oxygens (including phenoxy) is 2. The summed E-state index contributed by atoms with van der Waals surface area (Å²) in [5.74, 6) is -1.73. The van der Waals surface area contributed by atoms with Crippen LogP contribution < -0.4 is 16.4 Å². The van der Waals surface area contributed by atoms with Gasteiger partial charge in [0, 0.05) is 18.2 Å². The molecule has 2 heterocycles. The fourth-order valence-corrected chi connectivity index (χ4v) is 5.63. The molecule has 3 aliphatic rings. The molecule has 1 aliphatic carbocycles. The van der Waals surface area contributed by atoms with Crippen molar-refractivity contribution in [1.82, 2.24) is 15.5 Å². The van der Waals surface area contributed by atoms with Crippen LogP contribution in [-0.2, 0) is 23.9 Å². The number of nitrogen functional groups attached to an aromatic ring is 1. The molecule has 1 saturated carbocycles. The van der Waals surface area contributed by atoms with Crippen LogP contribution in [0.15, 0.2) is 18.2 Å². The fraction of sp³-hybridized carbons (Fsp3) is 0.600. The summed E-state index contributed by atoms with van der Waals surface area (Å²) in [5, 5.41) is 5.97. The second-order valence-electron chi connectivity index (χ2n) is 9.98. The van der Waals surface area contributed by atoms with Crippen molar-refractivity contribution >= 4 is 41.0 Å². The van der Waals surface area contributed by atoms with E-state index in [0.717, 1.165) is 19.3 Å². The minimum absolute atomic E-state index is 0.0139. The van der Waals surface area contributed by atoms with Crippen molar-refractivity contribution in [2.75, 3.05) is 12.3 Å². The van der Waals surface area contributed by atoms with Crippen LogP contribution in [0.4, 0.5) is 5.69 Å². The van der Waals surface area contributed by atoms with Crippen molar-refractivity contribution < 1.29 is 28.7 Å². The molecule has 2 aliphatic heterocycles. The zero-order valence-corrected chi connectivity index (χ0v) is 21.4. The Morgan fingerprint density at radius 3 is 2.69 bits per heavy atom. The monoisotopic (exact) mass is 520 g/mol. The number of hydrogen-bond donors (Lipinski definition) is 3. The number of nitrogens with two attached hydrogens (primary N) is 1. The number of likely N-dealkylation sites (tertiary alicyclic amines) is 1. The molecule has 5 unspecified atom stereocenters. The maximum Gasteiger partial charge on any atom is 0.310 e. The standard InChI is InChI=1S/C25H33ClN4O6/c1-4-35-25-18(11-19(31)36-25)28-23(33)21-13-5-7-15(9-13)30(21)24(34)20(12(2)3)29-22(32)14-6-8-17(27)16(26)10-14/h6,8,10,12-13,15,18,20-21,25H,4-5,7,9,11,27H2,1-3H3,(H,28,33)(H,29,32)/t13?,15?,18-,20?,21?,25?/m0/s1. The summed E-state index contributed by atoms with van der Waals surface area (Å²) < 4.78 is 10.6. The number of benzene rings is 1. The number of nitrogens with zero attached hydrogens (tertiary/aromatic N) is 1. The lowest BCUT2D eigenvalue weighted by Gasteiger charge is -2.38. The topological polar surface area (TPSA) is 140 Å². The first-order valence-electron chi connectivity index (χ1n) is 12.4. The summed E-state index contributed by atoms with van der Waals surface area (Å²) in [6.45, 7) is 5.80. The molecule has 11 heteroatoms. The maximum absolute atomic E-state index is 13.8. The summed E-state index contributed by atoms with van der Waals surface area (Å²) in [6.07, 6.45) is 1.54. The summed E-state index contributed by atoms with van der Waals surface area (Å²) in [4.78, 5) is 53.6. The van der Waals surface area contributed by atoms with Crippen LogP contribution in [0.2, 0.25) is 5.02 Å². The highest BCUT2D eigenvalue weighted by atomic mass is 35.5. The van der Waals surface area contributed by atoms with Crippen LogP contribution >= 0.6 is 11.6 Å². The molecule has 3 amide bonds.